The van der Waals surface area contributed by atoms with Crippen LogP contribution < -0.4 is 4.74 Å². The van der Waals surface area contributed by atoms with Gasteiger partial charge in [0.15, 0.2) is 6.61 Å². The maximum Gasteiger partial charge on any atom is 0.340 e. The van der Waals surface area contributed by atoms with Crippen LogP contribution in [0.1, 0.15) is 6.92 Å². The molecule has 0 N–H and O–H groups in total. The molecule has 2 heterocycles. The van der Waals surface area contributed by atoms with E-state index < -0.39 is 19.0 Å². The number of ether oxygens (including phenoxy) is 1. The molecule has 0 aliphatic carbocycles. The Morgan fingerprint density at radius 2 is 2.04 bits per heavy atom. The zero-order valence-electron chi connectivity index (χ0n) is 12.3. The van der Waals surface area contributed by atoms with Crippen LogP contribution in [0.25, 0.3) is 11.4 Å². The van der Waals surface area contributed by atoms with Crippen LogP contribution in [0.15, 0.2) is 33.8 Å². The van der Waals surface area contributed by atoms with Crippen LogP contribution in [0.2, 0.25) is 0 Å². The first-order chi connectivity index (χ1) is 11.3. The maximum absolute atomic E-state index is 12.8. The smallest absolute Gasteiger partial charge is 0.340 e. The Hall–Kier alpha value is -1.42. The van der Waals surface area contributed by atoms with Gasteiger partial charge in [-0.25, -0.2) is 8.78 Å². The molecule has 0 unspecified atom stereocenters. The number of alkyl halides is 4. The highest BCUT2D eigenvalue weighted by atomic mass is 79.9. The number of hydrogen-bond acceptors (Lipinski definition) is 5. The third-order valence-corrected chi connectivity index (χ3v) is 4.08. The number of hydrogen-bond donors (Lipinski definition) is 0. The van der Waals surface area contributed by atoms with Gasteiger partial charge in [0.05, 0.1) is 0 Å². The highest BCUT2D eigenvalue weighted by molar-refractivity contribution is 9.10. The van der Waals surface area contributed by atoms with Crippen molar-refractivity contribution in [2.75, 3.05) is 12.4 Å². The summed E-state index contributed by atoms with van der Waals surface area (Å²) in [5.41, 5.74) is 1.01. The predicted octanol–water partition coefficient (Wildman–Crippen LogP) is 4.69. The third-order valence-electron chi connectivity index (χ3n) is 2.73. The van der Waals surface area contributed by atoms with Gasteiger partial charge in [-0.3, -0.25) is 4.98 Å². The van der Waals surface area contributed by atoms with Crippen molar-refractivity contribution in [3.63, 3.8) is 0 Å². The maximum atomic E-state index is 12.8. The van der Waals surface area contributed by atoms with Gasteiger partial charge in [0, 0.05) is 21.6 Å². The normalized spacial score (nSPS) is 11.8. The van der Waals surface area contributed by atoms with E-state index in [1.165, 1.54) is 12.1 Å². The largest absolute Gasteiger partial charge is 0.470 e. The number of pyridine rings is 1. The summed E-state index contributed by atoms with van der Waals surface area (Å²) in [6.07, 6.45) is -2.20. The number of rotatable bonds is 7. The number of nitrogens with zero attached hydrogens (tertiary/aromatic N) is 3. The zero-order chi connectivity index (χ0) is 17.7. The molecule has 0 aliphatic heterocycles. The standard InChI is InChI=1S/C14H12BrF4N3OS/c1-2-24-10-5-8(15)6-20-12(10)9-3-4-11(22-21-9)23-7-14(18,19)13(16)17/h3-6,13H,2,7H2,1H3. The lowest BCUT2D eigenvalue weighted by atomic mass is 10.2. The highest BCUT2D eigenvalue weighted by Gasteiger charge is 2.41. The number of aromatic nitrogens is 3. The fourth-order valence-corrected chi connectivity index (χ4v) is 2.93. The van der Waals surface area contributed by atoms with E-state index >= 15 is 0 Å². The first kappa shape index (κ1) is 18.9. The zero-order valence-corrected chi connectivity index (χ0v) is 14.8. The molecular formula is C14H12BrF4N3OS. The minimum Gasteiger partial charge on any atom is -0.470 e. The monoisotopic (exact) mass is 425 g/mol. The molecule has 130 valence electrons. The van der Waals surface area contributed by atoms with Crippen molar-refractivity contribution in [3.8, 4) is 17.3 Å². The van der Waals surface area contributed by atoms with Gasteiger partial charge in [-0.1, -0.05) is 6.92 Å². The summed E-state index contributed by atoms with van der Waals surface area (Å²) in [7, 11) is 0. The van der Waals surface area contributed by atoms with Crippen molar-refractivity contribution in [1.29, 1.82) is 0 Å². The van der Waals surface area contributed by atoms with Crippen molar-refractivity contribution in [1.82, 2.24) is 15.2 Å². The Morgan fingerprint density at radius 3 is 2.62 bits per heavy atom. The fourth-order valence-electron chi connectivity index (χ4n) is 1.64. The second-order valence-corrected chi connectivity index (χ2v) is 6.76. The van der Waals surface area contributed by atoms with E-state index in [1.54, 1.807) is 18.0 Å². The van der Waals surface area contributed by atoms with Crippen molar-refractivity contribution < 1.29 is 22.3 Å². The molecule has 0 radical (unpaired) electrons. The lowest BCUT2D eigenvalue weighted by Crippen LogP contribution is -2.33. The average molecular weight is 426 g/mol. The molecule has 0 saturated carbocycles. The van der Waals surface area contributed by atoms with Crippen molar-refractivity contribution in [2.45, 2.75) is 24.2 Å². The second kappa shape index (κ2) is 8.11. The lowest BCUT2D eigenvalue weighted by Gasteiger charge is -2.15. The van der Waals surface area contributed by atoms with Crippen LogP contribution in [0.4, 0.5) is 17.6 Å². The van der Waals surface area contributed by atoms with E-state index in [1.807, 2.05) is 13.0 Å². The summed E-state index contributed by atoms with van der Waals surface area (Å²) in [5.74, 6) is -3.68. The Labute approximate surface area is 148 Å². The Balaban J connectivity index is 2.15. The van der Waals surface area contributed by atoms with E-state index in [9.17, 15) is 17.6 Å². The number of thioether (sulfide) groups is 1. The van der Waals surface area contributed by atoms with Gasteiger partial charge in [0.1, 0.15) is 11.4 Å². The van der Waals surface area contributed by atoms with Gasteiger partial charge in [0.25, 0.3) is 0 Å². The summed E-state index contributed by atoms with van der Waals surface area (Å²) in [4.78, 5) is 5.15. The molecule has 2 aromatic rings. The minimum absolute atomic E-state index is 0.263. The first-order valence-corrected chi connectivity index (χ1v) is 8.52. The van der Waals surface area contributed by atoms with E-state index in [2.05, 4.69) is 35.8 Å². The molecule has 4 nitrogen and oxygen atoms in total. The van der Waals surface area contributed by atoms with E-state index in [0.29, 0.717) is 11.4 Å². The van der Waals surface area contributed by atoms with E-state index in [4.69, 9.17) is 0 Å². The fraction of sp³-hybridized carbons (Fsp3) is 0.357. The quantitative estimate of drug-likeness (QED) is 0.475. The van der Waals surface area contributed by atoms with Crippen LogP contribution in [0.5, 0.6) is 5.88 Å². The Kier molecular flexibility index (Phi) is 6.39. The molecular weight excluding hydrogens is 414 g/mol. The SMILES string of the molecule is CCSc1cc(Br)cnc1-c1ccc(OCC(F)(F)C(F)F)nn1. The average Bonchev–Trinajstić information content (AvgIpc) is 2.54. The van der Waals surface area contributed by atoms with Crippen LogP contribution in [0.3, 0.4) is 0 Å². The summed E-state index contributed by atoms with van der Waals surface area (Å²) in [6.45, 7) is 0.521. The molecule has 0 atom stereocenters. The molecule has 10 heteroatoms. The second-order valence-electron chi connectivity index (χ2n) is 4.54. The Morgan fingerprint density at radius 1 is 1.29 bits per heavy atom. The van der Waals surface area contributed by atoms with Crippen LogP contribution in [-0.4, -0.2) is 39.9 Å². The first-order valence-electron chi connectivity index (χ1n) is 6.74. The summed E-state index contributed by atoms with van der Waals surface area (Å²) in [6, 6.07) is 4.65. The summed E-state index contributed by atoms with van der Waals surface area (Å²) < 4.78 is 55.2. The van der Waals surface area contributed by atoms with Gasteiger partial charge < -0.3 is 4.74 Å². The number of halogens is 5. The molecule has 0 saturated heterocycles. The topological polar surface area (TPSA) is 47.9 Å². The van der Waals surface area contributed by atoms with Gasteiger partial charge in [0.2, 0.25) is 5.88 Å². The molecule has 24 heavy (non-hydrogen) atoms. The van der Waals surface area contributed by atoms with Crippen LogP contribution in [-0.2, 0) is 0 Å². The minimum atomic E-state index is -4.24. The molecule has 0 aromatic carbocycles. The van der Waals surface area contributed by atoms with Gasteiger partial charge in [-0.2, -0.15) is 8.78 Å². The van der Waals surface area contributed by atoms with Crippen molar-refractivity contribution in [3.05, 3.63) is 28.9 Å². The molecule has 0 amide bonds. The summed E-state index contributed by atoms with van der Waals surface area (Å²) in [5, 5.41) is 7.50. The van der Waals surface area contributed by atoms with Gasteiger partial charge in [-0.05, 0) is 33.8 Å². The molecule has 0 fully saturated rings. The van der Waals surface area contributed by atoms with E-state index in [-0.39, 0.29) is 5.88 Å². The van der Waals surface area contributed by atoms with Crippen LogP contribution >= 0.6 is 27.7 Å². The lowest BCUT2D eigenvalue weighted by molar-refractivity contribution is -0.148. The molecule has 0 bridgehead atoms. The van der Waals surface area contributed by atoms with Crippen LogP contribution in [0, 0.1) is 0 Å². The van der Waals surface area contributed by atoms with Crippen molar-refractivity contribution in [2.24, 2.45) is 0 Å². The summed E-state index contributed by atoms with van der Waals surface area (Å²) >= 11 is 4.89. The molecule has 0 spiro atoms. The molecule has 0 aliphatic rings. The predicted molar refractivity (Wildman–Crippen MR) is 85.8 cm³/mol. The highest BCUT2D eigenvalue weighted by Crippen LogP contribution is 2.31. The van der Waals surface area contributed by atoms with E-state index in [0.717, 1.165) is 15.1 Å². The van der Waals surface area contributed by atoms with Gasteiger partial charge in [-0.15, -0.1) is 22.0 Å². The third kappa shape index (κ3) is 4.79. The van der Waals surface area contributed by atoms with Gasteiger partial charge >= 0.3 is 12.3 Å². The van der Waals surface area contributed by atoms with Crippen molar-refractivity contribution >= 4 is 27.7 Å². The molecule has 2 aromatic heterocycles. The Bertz CT molecular complexity index is 688. The molecule has 2 rings (SSSR count).